The van der Waals surface area contributed by atoms with Gasteiger partial charge in [-0.2, -0.15) is 0 Å². The third-order valence-corrected chi connectivity index (χ3v) is 8.22. The second kappa shape index (κ2) is 14.2. The monoisotopic (exact) mass is 565 g/mol. The Kier molecular flexibility index (Phi) is 9.72. The van der Waals surface area contributed by atoms with Crippen molar-refractivity contribution in [3.8, 4) is 0 Å². The summed E-state index contributed by atoms with van der Waals surface area (Å²) < 4.78 is 26.2. The van der Waals surface area contributed by atoms with Gasteiger partial charge in [-0.05, 0) is 22.3 Å². The van der Waals surface area contributed by atoms with Gasteiger partial charge in [-0.15, -0.1) is 0 Å². The van der Waals surface area contributed by atoms with Crippen molar-refractivity contribution in [2.75, 3.05) is 13.2 Å². The van der Waals surface area contributed by atoms with E-state index in [1.54, 1.807) is 0 Å². The van der Waals surface area contributed by atoms with Gasteiger partial charge >= 0.3 is 0 Å². The zero-order valence-electron chi connectivity index (χ0n) is 23.8. The first-order chi connectivity index (χ1) is 20.8. The Morgan fingerprint density at radius 2 is 0.929 bits per heavy atom. The van der Waals surface area contributed by atoms with Crippen LogP contribution in [0.1, 0.15) is 22.3 Å². The Morgan fingerprint density at radius 1 is 0.524 bits per heavy atom. The Morgan fingerprint density at radius 3 is 1.40 bits per heavy atom. The van der Waals surface area contributed by atoms with Crippen LogP contribution in [-0.2, 0) is 45.4 Å². The fraction of sp³-hybridized carbons (Fsp3) is 0.333. The minimum atomic E-state index is -0.645. The molecule has 6 heteroatoms. The molecule has 4 aromatic carbocycles. The summed E-state index contributed by atoms with van der Waals surface area (Å²) in [4.78, 5) is 2.30. The zero-order valence-corrected chi connectivity index (χ0v) is 23.8. The van der Waals surface area contributed by atoms with E-state index in [9.17, 15) is 5.11 Å². The van der Waals surface area contributed by atoms with Gasteiger partial charge < -0.3 is 24.1 Å². The van der Waals surface area contributed by atoms with Crippen molar-refractivity contribution in [2.45, 2.75) is 62.9 Å². The van der Waals surface area contributed by atoms with Gasteiger partial charge in [0.1, 0.15) is 18.3 Å². The molecule has 2 aliphatic rings. The van der Waals surface area contributed by atoms with Gasteiger partial charge in [0.2, 0.25) is 0 Å². The van der Waals surface area contributed by atoms with E-state index in [1.165, 1.54) is 0 Å². The van der Waals surface area contributed by atoms with E-state index in [0.717, 1.165) is 22.3 Å². The SMILES string of the molecule is O[C@H]1CN2[C@@H]([C@@H](OCc3ccccc3)[C@H](OCc3ccccc3)[C@H]2COCc2ccccc2)[C@@H]1OCc1ccccc1. The number of aliphatic hydroxyl groups is 1. The van der Waals surface area contributed by atoms with E-state index in [2.05, 4.69) is 41.3 Å². The molecule has 6 rings (SSSR count). The van der Waals surface area contributed by atoms with Gasteiger partial charge in [0.05, 0.1) is 51.2 Å². The molecule has 0 aromatic heterocycles. The van der Waals surface area contributed by atoms with Gasteiger partial charge in [0.25, 0.3) is 0 Å². The molecule has 2 heterocycles. The van der Waals surface area contributed by atoms with Crippen molar-refractivity contribution in [2.24, 2.45) is 0 Å². The van der Waals surface area contributed by atoms with Crippen LogP contribution in [0.25, 0.3) is 0 Å². The van der Waals surface area contributed by atoms with Gasteiger partial charge in [0, 0.05) is 6.54 Å². The highest BCUT2D eigenvalue weighted by atomic mass is 16.6. The Balaban J connectivity index is 1.25. The lowest BCUT2D eigenvalue weighted by Gasteiger charge is -2.30. The first-order valence-electron chi connectivity index (χ1n) is 14.8. The number of hydrogen-bond acceptors (Lipinski definition) is 6. The number of benzene rings is 4. The molecule has 0 unspecified atom stereocenters. The molecular formula is C36H39NO5. The van der Waals surface area contributed by atoms with Gasteiger partial charge in [-0.25, -0.2) is 0 Å². The minimum Gasteiger partial charge on any atom is -0.389 e. The topological polar surface area (TPSA) is 60.4 Å². The Labute approximate surface area is 248 Å². The maximum absolute atomic E-state index is 11.3. The Bertz CT molecular complexity index is 1340. The second-order valence-corrected chi connectivity index (χ2v) is 11.1. The second-order valence-electron chi connectivity index (χ2n) is 11.1. The molecule has 2 fully saturated rings. The maximum atomic E-state index is 11.3. The van der Waals surface area contributed by atoms with Gasteiger partial charge in [-0.1, -0.05) is 121 Å². The summed E-state index contributed by atoms with van der Waals surface area (Å²) in [6, 6.07) is 40.4. The summed E-state index contributed by atoms with van der Waals surface area (Å²) in [6.07, 6.45) is -1.66. The molecular weight excluding hydrogens is 526 g/mol. The molecule has 0 aliphatic carbocycles. The molecule has 1 N–H and O–H groups in total. The Hall–Kier alpha value is -3.36. The van der Waals surface area contributed by atoms with Crippen molar-refractivity contribution in [1.29, 1.82) is 0 Å². The lowest BCUT2D eigenvalue weighted by Crippen LogP contribution is -2.46. The molecule has 2 saturated heterocycles. The fourth-order valence-corrected chi connectivity index (χ4v) is 6.16. The van der Waals surface area contributed by atoms with Crippen LogP contribution in [0.3, 0.4) is 0 Å². The maximum Gasteiger partial charge on any atom is 0.104 e. The molecule has 6 atom stereocenters. The van der Waals surface area contributed by atoms with Gasteiger partial charge in [-0.3, -0.25) is 4.90 Å². The first kappa shape index (κ1) is 28.7. The average molecular weight is 566 g/mol. The van der Waals surface area contributed by atoms with Crippen LogP contribution in [0.5, 0.6) is 0 Å². The van der Waals surface area contributed by atoms with Crippen molar-refractivity contribution < 1.29 is 24.1 Å². The third kappa shape index (κ3) is 6.98. The van der Waals surface area contributed by atoms with Crippen LogP contribution in [-0.4, -0.2) is 59.7 Å². The smallest absolute Gasteiger partial charge is 0.104 e. The predicted octanol–water partition coefficient (Wildman–Crippen LogP) is 5.39. The van der Waals surface area contributed by atoms with Crippen LogP contribution in [0.15, 0.2) is 121 Å². The minimum absolute atomic E-state index is 0.108. The molecule has 42 heavy (non-hydrogen) atoms. The normalized spacial score (nSPS) is 25.5. The molecule has 0 spiro atoms. The average Bonchev–Trinajstić information content (AvgIpc) is 3.51. The quantitative estimate of drug-likeness (QED) is 0.235. The van der Waals surface area contributed by atoms with E-state index < -0.39 is 12.2 Å². The van der Waals surface area contributed by atoms with Gasteiger partial charge in [0.15, 0.2) is 0 Å². The van der Waals surface area contributed by atoms with Crippen LogP contribution in [0.4, 0.5) is 0 Å². The molecule has 6 nitrogen and oxygen atoms in total. The molecule has 218 valence electrons. The van der Waals surface area contributed by atoms with Crippen LogP contribution in [0, 0.1) is 0 Å². The molecule has 0 amide bonds. The van der Waals surface area contributed by atoms with E-state index >= 15 is 0 Å². The molecule has 4 aromatic rings. The summed E-state index contributed by atoms with van der Waals surface area (Å²) in [6.45, 7) is 2.76. The number of ether oxygens (including phenoxy) is 4. The summed E-state index contributed by atoms with van der Waals surface area (Å²) in [5.74, 6) is 0. The summed E-state index contributed by atoms with van der Waals surface area (Å²) in [7, 11) is 0. The predicted molar refractivity (Wildman–Crippen MR) is 161 cm³/mol. The van der Waals surface area contributed by atoms with E-state index in [0.29, 0.717) is 39.6 Å². The largest absolute Gasteiger partial charge is 0.389 e. The summed E-state index contributed by atoms with van der Waals surface area (Å²) in [5.41, 5.74) is 4.39. The molecule has 0 radical (unpaired) electrons. The van der Waals surface area contributed by atoms with Crippen molar-refractivity contribution in [3.63, 3.8) is 0 Å². The molecule has 2 aliphatic heterocycles. The van der Waals surface area contributed by atoms with E-state index in [1.807, 2.05) is 84.9 Å². The summed E-state index contributed by atoms with van der Waals surface area (Å²) >= 11 is 0. The third-order valence-electron chi connectivity index (χ3n) is 8.22. The number of hydrogen-bond donors (Lipinski definition) is 1. The molecule has 0 saturated carbocycles. The zero-order chi connectivity index (χ0) is 28.6. The fourth-order valence-electron chi connectivity index (χ4n) is 6.16. The van der Waals surface area contributed by atoms with Crippen LogP contribution in [0.2, 0.25) is 0 Å². The van der Waals surface area contributed by atoms with Crippen molar-refractivity contribution in [3.05, 3.63) is 144 Å². The van der Waals surface area contributed by atoms with Crippen LogP contribution >= 0.6 is 0 Å². The lowest BCUT2D eigenvalue weighted by molar-refractivity contribution is -0.113. The number of fused-ring (bicyclic) bond motifs is 1. The molecule has 0 bridgehead atoms. The van der Waals surface area contributed by atoms with Crippen molar-refractivity contribution >= 4 is 0 Å². The summed E-state index contributed by atoms with van der Waals surface area (Å²) in [5, 5.41) is 11.3. The number of rotatable bonds is 13. The van der Waals surface area contributed by atoms with Crippen LogP contribution < -0.4 is 0 Å². The standard InChI is InChI=1S/C36H39NO5/c38-32-21-37-31(26-39-22-27-13-5-1-6-14-27)34(40-23-28-15-7-2-8-16-28)36(42-25-30-19-11-4-12-20-30)33(37)35(32)41-24-29-17-9-3-10-18-29/h1-20,31-36,38H,21-26H2/t31-,32+,33-,34-,35-,36-/m1/s1. The van der Waals surface area contributed by atoms with E-state index in [-0.39, 0.29) is 24.3 Å². The van der Waals surface area contributed by atoms with Crippen molar-refractivity contribution in [1.82, 2.24) is 4.90 Å². The van der Waals surface area contributed by atoms with E-state index in [4.69, 9.17) is 18.9 Å². The first-order valence-corrected chi connectivity index (χ1v) is 14.8. The number of aliphatic hydroxyl groups excluding tert-OH is 1. The lowest BCUT2D eigenvalue weighted by atomic mass is 10.0. The highest BCUT2D eigenvalue weighted by Crippen LogP contribution is 2.39. The highest BCUT2D eigenvalue weighted by molar-refractivity contribution is 5.18. The number of nitrogens with zero attached hydrogens (tertiary/aromatic N) is 1. The highest BCUT2D eigenvalue weighted by Gasteiger charge is 2.59.